The first kappa shape index (κ1) is 23.4. The van der Waals surface area contributed by atoms with Crippen molar-refractivity contribution in [3.05, 3.63) is 52.2 Å². The molecule has 1 aromatic rings. The molecule has 2 atom stereocenters. The van der Waals surface area contributed by atoms with Crippen LogP contribution in [0.4, 0.5) is 0 Å². The van der Waals surface area contributed by atoms with Gasteiger partial charge in [0.1, 0.15) is 5.75 Å². The highest BCUT2D eigenvalue weighted by Crippen LogP contribution is 2.45. The number of nitrogens with zero attached hydrogens (tertiary/aromatic N) is 2. The minimum Gasteiger partial charge on any atom is -0.497 e. The maximum atomic E-state index is 13.0. The zero-order valence-electron chi connectivity index (χ0n) is 19.1. The molecule has 3 aliphatic heterocycles. The lowest BCUT2D eigenvalue weighted by molar-refractivity contribution is -0.139. The molecule has 0 spiro atoms. The zero-order valence-corrected chi connectivity index (χ0v) is 19.9. The lowest BCUT2D eigenvalue weighted by Gasteiger charge is -2.36. The van der Waals surface area contributed by atoms with Crippen LogP contribution in [0, 0.1) is 0 Å². The summed E-state index contributed by atoms with van der Waals surface area (Å²) in [6, 6.07) is 7.12. The van der Waals surface area contributed by atoms with Crippen LogP contribution in [0.5, 0.6) is 5.75 Å². The normalized spacial score (nSPS) is 22.0. The van der Waals surface area contributed by atoms with Crippen molar-refractivity contribution in [3.63, 3.8) is 0 Å². The van der Waals surface area contributed by atoms with Gasteiger partial charge < -0.3 is 24.4 Å². The van der Waals surface area contributed by atoms with Crippen LogP contribution in [0.25, 0.3) is 0 Å². The standard InChI is InChI=1S/C24H29N3O5S/c1-4-31-23(29)21-15(2)26-24-27(22(21)16-7-5-8-18(11-16)30-3)17(14-33-24)12-20(28)25-13-19-9-6-10-32-19/h5,7-8,11,14,19,22H,4,6,9-10,12-13H2,1-3H3,(H,25,28)/t19-,22+/m0/s1. The van der Waals surface area contributed by atoms with Gasteiger partial charge in [0, 0.05) is 18.8 Å². The second-order valence-electron chi connectivity index (χ2n) is 8.01. The number of hydrogen-bond donors (Lipinski definition) is 1. The number of rotatable bonds is 8. The average molecular weight is 472 g/mol. The Bertz CT molecular complexity index is 1010. The molecule has 8 nitrogen and oxygen atoms in total. The van der Waals surface area contributed by atoms with Crippen LogP contribution in [0.15, 0.2) is 51.6 Å². The van der Waals surface area contributed by atoms with Gasteiger partial charge in [0.25, 0.3) is 0 Å². The molecule has 1 aromatic carbocycles. The Morgan fingerprint density at radius 1 is 1.36 bits per heavy atom. The van der Waals surface area contributed by atoms with E-state index in [0.717, 1.165) is 35.9 Å². The fourth-order valence-electron chi connectivity index (χ4n) is 4.23. The third-order valence-electron chi connectivity index (χ3n) is 5.80. The highest BCUT2D eigenvalue weighted by molar-refractivity contribution is 8.16. The van der Waals surface area contributed by atoms with Gasteiger partial charge in [-0.15, -0.1) is 0 Å². The minimum atomic E-state index is -0.473. The Hall–Kier alpha value is -2.78. The number of aliphatic imine (C=N–C) groups is 1. The summed E-state index contributed by atoms with van der Waals surface area (Å²) in [4.78, 5) is 32.4. The molecule has 1 fully saturated rings. The predicted molar refractivity (Wildman–Crippen MR) is 127 cm³/mol. The number of ether oxygens (including phenoxy) is 3. The van der Waals surface area contributed by atoms with Crippen molar-refractivity contribution in [2.75, 3.05) is 26.9 Å². The van der Waals surface area contributed by atoms with E-state index in [1.165, 1.54) is 11.8 Å². The number of allylic oxidation sites excluding steroid dienone is 1. The number of nitrogens with one attached hydrogen (secondary N) is 1. The SMILES string of the molecule is CCOC(=O)C1=C(C)N=C2SC=C(CC(=O)NC[C@@H]3CCCO3)N2[C@@H]1c1cccc(OC)c1. The Kier molecular flexibility index (Phi) is 7.39. The molecule has 1 amide bonds. The highest BCUT2D eigenvalue weighted by atomic mass is 32.2. The maximum absolute atomic E-state index is 13.0. The smallest absolute Gasteiger partial charge is 0.338 e. The maximum Gasteiger partial charge on any atom is 0.338 e. The molecule has 33 heavy (non-hydrogen) atoms. The van der Waals surface area contributed by atoms with Gasteiger partial charge in [-0.2, -0.15) is 0 Å². The van der Waals surface area contributed by atoms with Crippen LogP contribution in [-0.2, 0) is 19.1 Å². The first-order chi connectivity index (χ1) is 16.0. The molecule has 3 aliphatic rings. The van der Waals surface area contributed by atoms with Crippen LogP contribution < -0.4 is 10.1 Å². The lowest BCUT2D eigenvalue weighted by atomic mass is 9.93. The van der Waals surface area contributed by atoms with Crippen LogP contribution in [0.2, 0.25) is 0 Å². The molecule has 0 unspecified atom stereocenters. The largest absolute Gasteiger partial charge is 0.497 e. The van der Waals surface area contributed by atoms with Crippen molar-refractivity contribution in [1.29, 1.82) is 0 Å². The minimum absolute atomic E-state index is 0.0820. The number of benzene rings is 1. The Labute approximate surface area is 198 Å². The summed E-state index contributed by atoms with van der Waals surface area (Å²) in [5, 5.41) is 5.64. The summed E-state index contributed by atoms with van der Waals surface area (Å²) in [6.45, 7) is 5.12. The first-order valence-corrected chi connectivity index (χ1v) is 12.0. The monoisotopic (exact) mass is 471 g/mol. The second kappa shape index (κ2) is 10.4. The number of carbonyl (C=O) groups is 2. The Balaban J connectivity index is 1.62. The predicted octanol–water partition coefficient (Wildman–Crippen LogP) is 3.52. The van der Waals surface area contributed by atoms with E-state index in [0.29, 0.717) is 23.6 Å². The molecule has 3 heterocycles. The molecule has 4 rings (SSSR count). The molecular weight excluding hydrogens is 442 g/mol. The zero-order chi connectivity index (χ0) is 23.4. The number of thioether (sulfide) groups is 1. The van der Waals surface area contributed by atoms with Crippen molar-refractivity contribution in [2.45, 2.75) is 45.3 Å². The van der Waals surface area contributed by atoms with Crippen molar-refractivity contribution in [3.8, 4) is 5.75 Å². The quantitative estimate of drug-likeness (QED) is 0.580. The molecule has 0 radical (unpaired) electrons. The molecule has 0 aromatic heterocycles. The fourth-order valence-corrected chi connectivity index (χ4v) is 5.19. The van der Waals surface area contributed by atoms with E-state index in [9.17, 15) is 9.59 Å². The van der Waals surface area contributed by atoms with Crippen LogP contribution in [0.1, 0.15) is 44.7 Å². The number of hydrogen-bond acceptors (Lipinski definition) is 8. The van der Waals surface area contributed by atoms with Gasteiger partial charge in [-0.3, -0.25) is 4.79 Å². The van der Waals surface area contributed by atoms with E-state index in [2.05, 4.69) is 10.3 Å². The number of amides is 1. The topological polar surface area (TPSA) is 89.5 Å². The van der Waals surface area contributed by atoms with E-state index >= 15 is 0 Å². The molecule has 1 saturated heterocycles. The summed E-state index contributed by atoms with van der Waals surface area (Å²) in [5.74, 6) is 0.181. The van der Waals surface area contributed by atoms with Gasteiger partial charge in [0.2, 0.25) is 5.91 Å². The number of carbonyl (C=O) groups excluding carboxylic acids is 2. The first-order valence-electron chi connectivity index (χ1n) is 11.2. The van der Waals surface area contributed by atoms with E-state index in [1.807, 2.05) is 41.5 Å². The van der Waals surface area contributed by atoms with E-state index in [-0.39, 0.29) is 25.0 Å². The second-order valence-corrected chi connectivity index (χ2v) is 8.84. The average Bonchev–Trinajstić information content (AvgIpc) is 3.47. The Morgan fingerprint density at radius 3 is 2.94 bits per heavy atom. The molecular formula is C24H29N3O5S. The number of esters is 1. The molecule has 0 saturated carbocycles. The molecule has 0 bridgehead atoms. The van der Waals surface area contributed by atoms with Gasteiger partial charge in [-0.25, -0.2) is 9.79 Å². The summed E-state index contributed by atoms with van der Waals surface area (Å²) in [7, 11) is 1.61. The van der Waals surface area contributed by atoms with Gasteiger partial charge in [-0.05, 0) is 49.8 Å². The van der Waals surface area contributed by atoms with Crippen molar-refractivity contribution < 1.29 is 23.8 Å². The number of methoxy groups -OCH3 is 1. The van der Waals surface area contributed by atoms with E-state index in [1.54, 1.807) is 14.0 Å². The molecule has 9 heteroatoms. The van der Waals surface area contributed by atoms with Crippen LogP contribution >= 0.6 is 11.8 Å². The number of amidine groups is 1. The molecule has 176 valence electrons. The van der Waals surface area contributed by atoms with Crippen LogP contribution in [-0.4, -0.2) is 54.9 Å². The molecule has 0 aliphatic carbocycles. The summed E-state index contributed by atoms with van der Waals surface area (Å²) < 4.78 is 16.4. The summed E-state index contributed by atoms with van der Waals surface area (Å²) in [5.41, 5.74) is 2.71. The van der Waals surface area contributed by atoms with E-state index < -0.39 is 12.0 Å². The van der Waals surface area contributed by atoms with Gasteiger partial charge in [-0.1, -0.05) is 23.9 Å². The van der Waals surface area contributed by atoms with Crippen molar-refractivity contribution >= 4 is 28.8 Å². The fraction of sp³-hybridized carbons (Fsp3) is 0.458. The molecule has 1 N–H and O–H groups in total. The van der Waals surface area contributed by atoms with Gasteiger partial charge in [0.05, 0.1) is 43.6 Å². The lowest BCUT2D eigenvalue weighted by Crippen LogP contribution is -2.38. The van der Waals surface area contributed by atoms with Crippen LogP contribution in [0.3, 0.4) is 0 Å². The summed E-state index contributed by atoms with van der Waals surface area (Å²) >= 11 is 1.45. The van der Waals surface area contributed by atoms with Gasteiger partial charge >= 0.3 is 5.97 Å². The van der Waals surface area contributed by atoms with Crippen molar-refractivity contribution in [2.24, 2.45) is 4.99 Å². The van der Waals surface area contributed by atoms with Crippen molar-refractivity contribution in [1.82, 2.24) is 10.2 Å². The van der Waals surface area contributed by atoms with Gasteiger partial charge in [0.15, 0.2) is 5.17 Å². The third-order valence-corrected chi connectivity index (χ3v) is 6.69. The summed E-state index contributed by atoms with van der Waals surface area (Å²) in [6.07, 6.45) is 2.25. The number of fused-ring (bicyclic) bond motifs is 1. The highest BCUT2D eigenvalue weighted by Gasteiger charge is 2.41. The Morgan fingerprint density at radius 2 is 2.21 bits per heavy atom. The van der Waals surface area contributed by atoms with E-state index in [4.69, 9.17) is 14.2 Å². The third kappa shape index (κ3) is 5.09.